The van der Waals surface area contributed by atoms with Gasteiger partial charge in [0.05, 0.1) is 0 Å². The summed E-state index contributed by atoms with van der Waals surface area (Å²) in [6.45, 7) is 1.89. The molecule has 0 aliphatic carbocycles. The first-order chi connectivity index (χ1) is 2.41. The Morgan fingerprint density at radius 3 is 2.33 bits per heavy atom. The molecule has 0 amide bonds. The Labute approximate surface area is 66.7 Å². The summed E-state index contributed by atoms with van der Waals surface area (Å²) in [7, 11) is 0. The minimum absolute atomic E-state index is 0. The molecule has 0 aliphatic rings. The van der Waals surface area contributed by atoms with Crippen LogP contribution in [0.25, 0.3) is 0 Å². The molecule has 0 saturated heterocycles. The van der Waals surface area contributed by atoms with Crippen LogP contribution >= 0.6 is 12.0 Å². The van der Waals surface area contributed by atoms with Gasteiger partial charge in [0.15, 0.2) is 0 Å². The zero-order valence-corrected chi connectivity index (χ0v) is 7.20. The molecule has 35 valence electrons. The Morgan fingerprint density at radius 2 is 2.33 bits per heavy atom. The molecule has 0 unspecified atom stereocenters. The summed E-state index contributed by atoms with van der Waals surface area (Å²) in [5.74, 6) is 0.788. The molecule has 0 aromatic carbocycles. The van der Waals surface area contributed by atoms with Crippen molar-refractivity contribution in [3.05, 3.63) is 0 Å². The summed E-state index contributed by atoms with van der Waals surface area (Å²) in [5.41, 5.74) is 0. The molecule has 2 nitrogen and oxygen atoms in total. The predicted octanol–water partition coefficient (Wildman–Crippen LogP) is 1.14. The maximum atomic E-state index is 7.53. The van der Waals surface area contributed by atoms with E-state index in [0.717, 1.165) is 17.8 Å². The van der Waals surface area contributed by atoms with Gasteiger partial charge in [-0.1, -0.05) is 6.92 Å². The molecule has 0 rings (SSSR count). The second-order valence-electron chi connectivity index (χ2n) is 0.481. The van der Waals surface area contributed by atoms with Gasteiger partial charge in [-0.15, -0.1) is 0 Å². The van der Waals surface area contributed by atoms with Crippen molar-refractivity contribution < 1.29 is 42.3 Å². The van der Waals surface area contributed by atoms with Crippen molar-refractivity contribution >= 4 is 12.0 Å². The fraction of sp³-hybridized carbons (Fsp3) is 1.00. The molecular formula is C2H6O2SY. The van der Waals surface area contributed by atoms with Crippen LogP contribution in [0.2, 0.25) is 0 Å². The molecule has 0 atom stereocenters. The van der Waals surface area contributed by atoms with Crippen LogP contribution in [0.15, 0.2) is 0 Å². The summed E-state index contributed by atoms with van der Waals surface area (Å²) in [4.78, 5) is 0. The molecule has 0 saturated carbocycles. The average molecular weight is 183 g/mol. The molecule has 0 bridgehead atoms. The summed E-state index contributed by atoms with van der Waals surface area (Å²) in [6, 6.07) is 0. The first-order valence-electron chi connectivity index (χ1n) is 1.35. The molecule has 0 aromatic heterocycles. The molecule has 4 heteroatoms. The normalized spacial score (nSPS) is 7.00. The molecule has 1 radical (unpaired) electrons. The summed E-state index contributed by atoms with van der Waals surface area (Å²) in [5, 5.41) is 7.53. The van der Waals surface area contributed by atoms with E-state index in [1.165, 1.54) is 0 Å². The SMILES string of the molecule is CCSOO.[Y]. The van der Waals surface area contributed by atoms with Crippen LogP contribution in [0.5, 0.6) is 0 Å². The minimum atomic E-state index is 0. The fourth-order valence-corrected chi connectivity index (χ4v) is 0.158. The van der Waals surface area contributed by atoms with E-state index in [-0.39, 0.29) is 32.7 Å². The van der Waals surface area contributed by atoms with Crippen molar-refractivity contribution in [2.75, 3.05) is 5.75 Å². The van der Waals surface area contributed by atoms with Crippen LogP contribution in [0.4, 0.5) is 0 Å². The third-order valence-corrected chi connectivity index (χ3v) is 0.512. The van der Waals surface area contributed by atoms with Gasteiger partial charge in [0.25, 0.3) is 0 Å². The minimum Gasteiger partial charge on any atom is -0.239 e. The second kappa shape index (κ2) is 9.62. The van der Waals surface area contributed by atoms with Gasteiger partial charge in [-0.3, -0.25) is 0 Å². The molecule has 0 spiro atoms. The Hall–Kier alpha value is 1.37. The van der Waals surface area contributed by atoms with E-state index in [0.29, 0.717) is 0 Å². The standard InChI is InChI=1S/C2H6O2S.Y/c1-2-5-4-3;/h3H,2H2,1H3;. The van der Waals surface area contributed by atoms with Gasteiger partial charge in [-0.05, 0) is 0 Å². The van der Waals surface area contributed by atoms with Gasteiger partial charge in [0, 0.05) is 50.5 Å². The third kappa shape index (κ3) is 9.03. The van der Waals surface area contributed by atoms with Crippen molar-refractivity contribution in [1.29, 1.82) is 0 Å². The second-order valence-corrected chi connectivity index (χ2v) is 1.44. The third-order valence-electron chi connectivity index (χ3n) is 0.171. The number of hydrogen-bond acceptors (Lipinski definition) is 3. The Kier molecular flexibility index (Phi) is 16.6. The Balaban J connectivity index is 0. The van der Waals surface area contributed by atoms with E-state index in [1.54, 1.807) is 0 Å². The van der Waals surface area contributed by atoms with Crippen LogP contribution in [0.1, 0.15) is 6.92 Å². The van der Waals surface area contributed by atoms with Crippen LogP contribution in [0.3, 0.4) is 0 Å². The summed E-state index contributed by atoms with van der Waals surface area (Å²) < 4.78 is 3.61. The van der Waals surface area contributed by atoms with Crippen molar-refractivity contribution in [2.24, 2.45) is 0 Å². The molecule has 0 aliphatic heterocycles. The van der Waals surface area contributed by atoms with Crippen LogP contribution < -0.4 is 0 Å². The van der Waals surface area contributed by atoms with E-state index < -0.39 is 0 Å². The zero-order valence-electron chi connectivity index (χ0n) is 3.55. The van der Waals surface area contributed by atoms with Gasteiger partial charge in [-0.2, -0.15) is 4.33 Å². The van der Waals surface area contributed by atoms with E-state index >= 15 is 0 Å². The van der Waals surface area contributed by atoms with Gasteiger partial charge in [0.1, 0.15) is 0 Å². The Morgan fingerprint density at radius 1 is 1.83 bits per heavy atom. The van der Waals surface area contributed by atoms with Gasteiger partial charge in [0.2, 0.25) is 0 Å². The average Bonchev–Trinajstić information content (AvgIpc) is 1.41. The maximum Gasteiger partial charge on any atom is 0.0308 e. The first-order valence-corrected chi connectivity index (χ1v) is 2.26. The van der Waals surface area contributed by atoms with E-state index in [2.05, 4.69) is 4.33 Å². The van der Waals surface area contributed by atoms with Crippen molar-refractivity contribution in [2.45, 2.75) is 6.92 Å². The first kappa shape index (κ1) is 10.4. The predicted molar refractivity (Wildman–Crippen MR) is 21.8 cm³/mol. The van der Waals surface area contributed by atoms with E-state index in [9.17, 15) is 0 Å². The topological polar surface area (TPSA) is 29.5 Å². The summed E-state index contributed by atoms with van der Waals surface area (Å²) in [6.07, 6.45) is 0. The van der Waals surface area contributed by atoms with Crippen molar-refractivity contribution in [3.63, 3.8) is 0 Å². The number of hydrogen-bond donors (Lipinski definition) is 1. The molecule has 0 aromatic rings. The summed E-state index contributed by atoms with van der Waals surface area (Å²) >= 11 is 1.02. The largest absolute Gasteiger partial charge is 0.239 e. The van der Waals surface area contributed by atoms with Gasteiger partial charge >= 0.3 is 0 Å². The van der Waals surface area contributed by atoms with Crippen LogP contribution in [-0.2, 0) is 37.0 Å². The molecule has 0 heterocycles. The van der Waals surface area contributed by atoms with E-state index in [1.807, 2.05) is 6.92 Å². The molecule has 0 fully saturated rings. The quantitative estimate of drug-likeness (QED) is 0.395. The van der Waals surface area contributed by atoms with Gasteiger partial charge < -0.3 is 0 Å². The van der Waals surface area contributed by atoms with Crippen LogP contribution in [0, 0.1) is 0 Å². The zero-order chi connectivity index (χ0) is 4.12. The Bertz CT molecular complexity index is 19.0. The fourth-order valence-electron chi connectivity index (χ4n) is 0.0527. The van der Waals surface area contributed by atoms with Gasteiger partial charge in [-0.25, -0.2) is 5.26 Å². The molecule has 1 N–H and O–H groups in total. The maximum absolute atomic E-state index is 7.53. The molecule has 6 heavy (non-hydrogen) atoms. The molecular weight excluding hydrogens is 177 g/mol. The smallest absolute Gasteiger partial charge is 0.0308 e. The number of rotatable bonds is 2. The van der Waals surface area contributed by atoms with E-state index in [4.69, 9.17) is 5.26 Å². The van der Waals surface area contributed by atoms with Crippen molar-refractivity contribution in [1.82, 2.24) is 0 Å². The van der Waals surface area contributed by atoms with Crippen LogP contribution in [-0.4, -0.2) is 11.0 Å². The monoisotopic (exact) mass is 183 g/mol. The van der Waals surface area contributed by atoms with Crippen molar-refractivity contribution in [3.8, 4) is 0 Å².